The Morgan fingerprint density at radius 1 is 0.966 bits per heavy atom. The Morgan fingerprint density at radius 2 is 1.72 bits per heavy atom. The molecule has 0 aliphatic carbocycles. The lowest BCUT2D eigenvalue weighted by Crippen LogP contribution is -2.12. The number of hydrogen-bond acceptors (Lipinski definition) is 7. The number of fused-ring (bicyclic) bond motifs is 1. The van der Waals surface area contributed by atoms with Gasteiger partial charge in [-0.1, -0.05) is 41.7 Å². The number of aryl methyl sites for hydroxylation is 1. The first kappa shape index (κ1) is 19.5. The van der Waals surface area contributed by atoms with Crippen LogP contribution in [-0.4, -0.2) is 25.9 Å². The second-order valence-electron chi connectivity index (χ2n) is 5.96. The van der Waals surface area contributed by atoms with E-state index >= 15 is 0 Å². The standard InChI is InChI=1S/C19H11F3N4OS2/c1-10-25-26-18(28-10)29-17-16(19(20,21)22)23-13-8-7-12(9-14(13)24-17)15(27)11-5-3-2-4-6-11/h2-9H,1H3. The van der Waals surface area contributed by atoms with Gasteiger partial charge >= 0.3 is 6.18 Å². The maximum absolute atomic E-state index is 13.5. The van der Waals surface area contributed by atoms with E-state index in [1.807, 2.05) is 0 Å². The minimum atomic E-state index is -4.68. The lowest BCUT2D eigenvalue weighted by molar-refractivity contribution is -0.143. The number of hydrogen-bond donors (Lipinski definition) is 0. The Labute approximate surface area is 171 Å². The van der Waals surface area contributed by atoms with E-state index in [4.69, 9.17) is 0 Å². The van der Waals surface area contributed by atoms with Crippen molar-refractivity contribution in [3.05, 3.63) is 70.4 Å². The number of carbonyl (C=O) groups excluding carboxylic acids is 1. The van der Waals surface area contributed by atoms with Crippen LogP contribution in [-0.2, 0) is 6.18 Å². The summed E-state index contributed by atoms with van der Waals surface area (Å²) in [6.07, 6.45) is -4.68. The Hall–Kier alpha value is -2.85. The van der Waals surface area contributed by atoms with Gasteiger partial charge in [-0.25, -0.2) is 9.97 Å². The van der Waals surface area contributed by atoms with Crippen LogP contribution in [0.25, 0.3) is 11.0 Å². The molecule has 2 heterocycles. The van der Waals surface area contributed by atoms with E-state index in [1.165, 1.54) is 18.2 Å². The predicted molar refractivity (Wildman–Crippen MR) is 103 cm³/mol. The molecule has 2 aromatic carbocycles. The molecular weight excluding hydrogens is 421 g/mol. The number of ketones is 1. The highest BCUT2D eigenvalue weighted by Crippen LogP contribution is 2.39. The Bertz CT molecular complexity index is 1210. The first-order chi connectivity index (χ1) is 13.8. The van der Waals surface area contributed by atoms with Crippen LogP contribution in [0.3, 0.4) is 0 Å². The smallest absolute Gasteiger partial charge is 0.289 e. The molecule has 10 heteroatoms. The van der Waals surface area contributed by atoms with E-state index in [-0.39, 0.29) is 21.8 Å². The SMILES string of the molecule is Cc1nnc(Sc2nc3cc(C(=O)c4ccccc4)ccc3nc2C(F)(F)F)s1. The summed E-state index contributed by atoms with van der Waals surface area (Å²) < 4.78 is 40.9. The highest BCUT2D eigenvalue weighted by molar-refractivity contribution is 8.01. The number of aromatic nitrogens is 4. The molecule has 0 bridgehead atoms. The summed E-state index contributed by atoms with van der Waals surface area (Å²) in [5.74, 6) is -0.247. The molecule has 2 aromatic heterocycles. The Balaban J connectivity index is 1.80. The van der Waals surface area contributed by atoms with Crippen LogP contribution in [0.15, 0.2) is 57.9 Å². The minimum absolute atomic E-state index is 0.0553. The third-order valence-electron chi connectivity index (χ3n) is 3.89. The van der Waals surface area contributed by atoms with Crippen molar-refractivity contribution in [2.24, 2.45) is 0 Å². The number of benzene rings is 2. The van der Waals surface area contributed by atoms with Crippen molar-refractivity contribution < 1.29 is 18.0 Å². The minimum Gasteiger partial charge on any atom is -0.289 e. The molecule has 0 unspecified atom stereocenters. The van der Waals surface area contributed by atoms with Crippen molar-refractivity contribution in [3.8, 4) is 0 Å². The quantitative estimate of drug-likeness (QED) is 0.414. The van der Waals surface area contributed by atoms with Crippen molar-refractivity contribution in [2.45, 2.75) is 22.5 Å². The molecule has 0 atom stereocenters. The Kier molecular flexibility index (Phi) is 5.05. The lowest BCUT2D eigenvalue weighted by Gasteiger charge is -2.11. The van der Waals surface area contributed by atoms with Gasteiger partial charge in [0.2, 0.25) is 0 Å². The fourth-order valence-electron chi connectivity index (χ4n) is 2.59. The molecule has 29 heavy (non-hydrogen) atoms. The largest absolute Gasteiger partial charge is 0.436 e. The molecule has 4 aromatic rings. The highest BCUT2D eigenvalue weighted by Gasteiger charge is 2.37. The topological polar surface area (TPSA) is 68.6 Å². The van der Waals surface area contributed by atoms with E-state index in [1.54, 1.807) is 37.3 Å². The van der Waals surface area contributed by atoms with Gasteiger partial charge in [0, 0.05) is 11.1 Å². The molecule has 0 aliphatic rings. The van der Waals surface area contributed by atoms with Crippen molar-refractivity contribution in [1.29, 1.82) is 0 Å². The van der Waals surface area contributed by atoms with Gasteiger partial charge in [-0.2, -0.15) is 13.2 Å². The fourth-order valence-corrected chi connectivity index (χ4v) is 4.42. The molecule has 0 spiro atoms. The van der Waals surface area contributed by atoms with Crippen LogP contribution in [0.4, 0.5) is 13.2 Å². The summed E-state index contributed by atoms with van der Waals surface area (Å²) in [5.41, 5.74) is -0.0423. The molecule has 4 rings (SSSR count). The van der Waals surface area contributed by atoms with Gasteiger partial charge in [0.25, 0.3) is 0 Å². The van der Waals surface area contributed by atoms with Gasteiger partial charge in [0.15, 0.2) is 15.8 Å². The van der Waals surface area contributed by atoms with E-state index < -0.39 is 11.9 Å². The number of rotatable bonds is 4. The molecule has 0 radical (unpaired) electrons. The maximum Gasteiger partial charge on any atom is 0.436 e. The molecule has 0 fully saturated rings. The predicted octanol–water partition coefficient (Wildman–Crippen LogP) is 5.19. The second-order valence-corrected chi connectivity index (χ2v) is 8.38. The van der Waals surface area contributed by atoms with Gasteiger partial charge in [-0.3, -0.25) is 4.79 Å². The third-order valence-corrected chi connectivity index (χ3v) is 5.76. The molecular formula is C19H11F3N4OS2. The summed E-state index contributed by atoms with van der Waals surface area (Å²) in [6.45, 7) is 1.71. The van der Waals surface area contributed by atoms with Crippen molar-refractivity contribution in [3.63, 3.8) is 0 Å². The zero-order valence-corrected chi connectivity index (χ0v) is 16.4. The van der Waals surface area contributed by atoms with Gasteiger partial charge in [-0.15, -0.1) is 10.2 Å². The highest BCUT2D eigenvalue weighted by atomic mass is 32.2. The first-order valence-corrected chi connectivity index (χ1v) is 9.91. The molecule has 146 valence electrons. The van der Waals surface area contributed by atoms with Gasteiger partial charge < -0.3 is 0 Å². The molecule has 0 amide bonds. The summed E-state index contributed by atoms with van der Waals surface area (Å²) in [7, 11) is 0. The summed E-state index contributed by atoms with van der Waals surface area (Å²) >= 11 is 1.92. The molecule has 0 N–H and O–H groups in total. The molecule has 0 saturated carbocycles. The van der Waals surface area contributed by atoms with Gasteiger partial charge in [0.05, 0.1) is 11.0 Å². The average molecular weight is 432 g/mol. The number of halogens is 3. The van der Waals surface area contributed by atoms with E-state index in [0.717, 1.165) is 23.1 Å². The zero-order valence-electron chi connectivity index (χ0n) is 14.8. The number of alkyl halides is 3. The van der Waals surface area contributed by atoms with Crippen LogP contribution in [0.1, 0.15) is 26.6 Å². The lowest BCUT2D eigenvalue weighted by atomic mass is 10.0. The number of nitrogens with zero attached hydrogens (tertiary/aromatic N) is 4. The number of carbonyl (C=O) groups is 1. The van der Waals surface area contributed by atoms with E-state index in [0.29, 0.717) is 20.5 Å². The monoisotopic (exact) mass is 432 g/mol. The normalized spacial score (nSPS) is 11.7. The van der Waals surface area contributed by atoms with E-state index in [9.17, 15) is 18.0 Å². The van der Waals surface area contributed by atoms with Crippen LogP contribution >= 0.6 is 23.1 Å². The second kappa shape index (κ2) is 7.53. The van der Waals surface area contributed by atoms with Crippen LogP contribution < -0.4 is 0 Å². The zero-order chi connectivity index (χ0) is 20.6. The van der Waals surface area contributed by atoms with Crippen molar-refractivity contribution in [2.75, 3.05) is 0 Å². The van der Waals surface area contributed by atoms with Crippen LogP contribution in [0.2, 0.25) is 0 Å². The fraction of sp³-hybridized carbons (Fsp3) is 0.105. The van der Waals surface area contributed by atoms with Gasteiger partial charge in [0.1, 0.15) is 10.0 Å². The third kappa shape index (κ3) is 4.13. The van der Waals surface area contributed by atoms with Crippen LogP contribution in [0, 0.1) is 6.92 Å². The van der Waals surface area contributed by atoms with Crippen LogP contribution in [0.5, 0.6) is 0 Å². The molecule has 0 aliphatic heterocycles. The van der Waals surface area contributed by atoms with Crippen molar-refractivity contribution >= 4 is 39.9 Å². The molecule has 0 saturated heterocycles. The summed E-state index contributed by atoms with van der Waals surface area (Å²) in [5, 5.41) is 7.96. The van der Waals surface area contributed by atoms with Gasteiger partial charge in [-0.05, 0) is 36.9 Å². The average Bonchev–Trinajstić information content (AvgIpc) is 3.11. The van der Waals surface area contributed by atoms with Crippen molar-refractivity contribution in [1.82, 2.24) is 20.2 Å². The Morgan fingerprint density at radius 3 is 2.38 bits per heavy atom. The summed E-state index contributed by atoms with van der Waals surface area (Å²) in [4.78, 5) is 20.6. The first-order valence-electron chi connectivity index (χ1n) is 8.28. The maximum atomic E-state index is 13.5. The van der Waals surface area contributed by atoms with E-state index in [2.05, 4.69) is 20.2 Å². The summed E-state index contributed by atoms with van der Waals surface area (Å²) in [6, 6.07) is 12.9. The molecule has 5 nitrogen and oxygen atoms in total.